The van der Waals surface area contributed by atoms with E-state index in [1.165, 1.54) is 17.3 Å². The number of ether oxygens (including phenoxy) is 1. The first-order valence-electron chi connectivity index (χ1n) is 11.1. The topological polar surface area (TPSA) is 81.1 Å². The zero-order valence-corrected chi connectivity index (χ0v) is 19.8. The molecule has 5 rings (SSSR count). The molecular weight excluding hydrogens is 446 g/mol. The molecule has 172 valence electrons. The summed E-state index contributed by atoms with van der Waals surface area (Å²) in [4.78, 5) is 13.5. The molecule has 1 amide bonds. The fraction of sp³-hybridized carbons (Fsp3) is 0.192. The Morgan fingerprint density at radius 1 is 1.03 bits per heavy atom. The van der Waals surface area contributed by atoms with Crippen molar-refractivity contribution in [2.75, 3.05) is 17.9 Å². The van der Waals surface area contributed by atoms with Gasteiger partial charge in [0.1, 0.15) is 11.0 Å². The number of anilines is 1. The minimum atomic E-state index is -0.459. The largest absolute Gasteiger partial charge is 0.497 e. The molecular formula is C26H25N5O2S. The molecule has 0 radical (unpaired) electrons. The molecule has 2 N–H and O–H groups in total. The van der Waals surface area contributed by atoms with Gasteiger partial charge >= 0.3 is 0 Å². The molecule has 2 heterocycles. The van der Waals surface area contributed by atoms with Gasteiger partial charge in [0.25, 0.3) is 0 Å². The molecule has 34 heavy (non-hydrogen) atoms. The van der Waals surface area contributed by atoms with Gasteiger partial charge in [-0.25, -0.2) is 4.68 Å². The zero-order chi connectivity index (χ0) is 23.5. The summed E-state index contributed by atoms with van der Waals surface area (Å²) in [7, 11) is 1.64. The number of aryl methyl sites for hydroxylation is 1. The monoisotopic (exact) mass is 471 g/mol. The number of aromatic nitrogens is 3. The summed E-state index contributed by atoms with van der Waals surface area (Å²) in [5, 5.41) is 12.0. The molecule has 8 heteroatoms. The summed E-state index contributed by atoms with van der Waals surface area (Å²) in [6, 6.07) is 25.3. The Hall–Kier alpha value is -3.78. The highest BCUT2D eigenvalue weighted by atomic mass is 32.2. The minimum Gasteiger partial charge on any atom is -0.497 e. The summed E-state index contributed by atoms with van der Waals surface area (Å²) in [5.74, 6) is 1.37. The highest BCUT2D eigenvalue weighted by Gasteiger charge is 2.38. The van der Waals surface area contributed by atoms with E-state index in [9.17, 15) is 4.79 Å². The number of thioether (sulfide) groups is 1. The Kier molecular flexibility index (Phi) is 6.22. The van der Waals surface area contributed by atoms with Crippen LogP contribution in [-0.2, 0) is 11.2 Å². The summed E-state index contributed by atoms with van der Waals surface area (Å²) >= 11 is 1.40. The van der Waals surface area contributed by atoms with Crippen molar-refractivity contribution in [1.82, 2.24) is 14.9 Å². The van der Waals surface area contributed by atoms with E-state index < -0.39 is 5.25 Å². The lowest BCUT2D eigenvalue weighted by Crippen LogP contribution is -2.41. The Bertz CT molecular complexity index is 1270. The van der Waals surface area contributed by atoms with E-state index in [0.717, 1.165) is 29.0 Å². The predicted molar refractivity (Wildman–Crippen MR) is 135 cm³/mol. The van der Waals surface area contributed by atoms with Gasteiger partial charge < -0.3 is 15.5 Å². The van der Waals surface area contributed by atoms with Crippen molar-refractivity contribution in [2.45, 2.75) is 29.8 Å². The van der Waals surface area contributed by atoms with E-state index in [4.69, 9.17) is 4.74 Å². The SMILES string of the molecule is CCc1ccc(NC(=O)[C@H]2Sc3nnc(-c4ccccc4)n3N[C@H]2c2ccc(OC)cc2)cc1. The molecule has 4 aromatic rings. The molecule has 7 nitrogen and oxygen atoms in total. The van der Waals surface area contributed by atoms with Gasteiger partial charge in [0, 0.05) is 11.3 Å². The van der Waals surface area contributed by atoms with E-state index in [1.807, 2.05) is 83.5 Å². The van der Waals surface area contributed by atoms with E-state index >= 15 is 0 Å². The lowest BCUT2D eigenvalue weighted by Gasteiger charge is -2.33. The number of carbonyl (C=O) groups is 1. The third-order valence-electron chi connectivity index (χ3n) is 5.83. The maximum Gasteiger partial charge on any atom is 0.240 e. The summed E-state index contributed by atoms with van der Waals surface area (Å²) < 4.78 is 7.19. The Balaban J connectivity index is 1.48. The second-order valence-corrected chi connectivity index (χ2v) is 9.07. The first-order chi connectivity index (χ1) is 16.7. The van der Waals surface area contributed by atoms with E-state index in [-0.39, 0.29) is 11.9 Å². The van der Waals surface area contributed by atoms with Crippen LogP contribution in [-0.4, -0.2) is 33.1 Å². The minimum absolute atomic E-state index is 0.0990. The van der Waals surface area contributed by atoms with E-state index in [0.29, 0.717) is 11.0 Å². The zero-order valence-electron chi connectivity index (χ0n) is 18.9. The molecule has 3 aromatic carbocycles. The van der Waals surface area contributed by atoms with Gasteiger partial charge in [0.05, 0.1) is 13.2 Å². The number of rotatable bonds is 6. The molecule has 0 saturated heterocycles. The van der Waals surface area contributed by atoms with E-state index in [1.54, 1.807) is 7.11 Å². The molecule has 1 aliphatic rings. The first-order valence-corrected chi connectivity index (χ1v) is 12.0. The quantitative estimate of drug-likeness (QED) is 0.416. The highest BCUT2D eigenvalue weighted by molar-refractivity contribution is 8.00. The second kappa shape index (κ2) is 9.61. The van der Waals surface area contributed by atoms with Crippen LogP contribution in [0.1, 0.15) is 24.1 Å². The molecule has 0 spiro atoms. The maximum atomic E-state index is 13.5. The molecule has 0 saturated carbocycles. The molecule has 2 atom stereocenters. The van der Waals surface area contributed by atoms with Crippen LogP contribution in [0.4, 0.5) is 5.69 Å². The van der Waals surface area contributed by atoms with Gasteiger partial charge in [-0.15, -0.1) is 10.2 Å². The van der Waals surface area contributed by atoms with Crippen molar-refractivity contribution in [3.63, 3.8) is 0 Å². The van der Waals surface area contributed by atoms with Crippen LogP contribution < -0.4 is 15.5 Å². The van der Waals surface area contributed by atoms with Crippen LogP contribution >= 0.6 is 11.8 Å². The maximum absolute atomic E-state index is 13.5. The van der Waals surface area contributed by atoms with Gasteiger partial charge in [0.15, 0.2) is 5.82 Å². The molecule has 0 bridgehead atoms. The van der Waals surface area contributed by atoms with E-state index in [2.05, 4.69) is 27.9 Å². The van der Waals surface area contributed by atoms with Gasteiger partial charge in [-0.05, 0) is 41.8 Å². The normalized spacial score (nSPS) is 16.9. The van der Waals surface area contributed by atoms with Crippen molar-refractivity contribution in [2.24, 2.45) is 0 Å². The lowest BCUT2D eigenvalue weighted by atomic mass is 10.0. The van der Waals surface area contributed by atoms with Crippen LogP contribution in [0, 0.1) is 0 Å². The number of hydrogen-bond donors (Lipinski definition) is 2. The standard InChI is InChI=1S/C26H25N5O2S/c1-3-17-9-13-20(14-10-17)27-25(32)23-22(18-11-15-21(33-2)16-12-18)30-31-24(28-29-26(31)34-23)19-7-5-4-6-8-19/h4-16,22-23,30H,3H2,1-2H3,(H,27,32)/t22-,23-/m0/s1. The van der Waals surface area contributed by atoms with Crippen molar-refractivity contribution in [3.05, 3.63) is 90.0 Å². The summed E-state index contributed by atoms with van der Waals surface area (Å²) in [6.45, 7) is 2.11. The Morgan fingerprint density at radius 3 is 2.44 bits per heavy atom. The number of nitrogens with zero attached hydrogens (tertiary/aromatic N) is 3. The number of nitrogens with one attached hydrogen (secondary N) is 2. The molecule has 1 aliphatic heterocycles. The average Bonchev–Trinajstić information content (AvgIpc) is 3.32. The fourth-order valence-electron chi connectivity index (χ4n) is 3.93. The number of amides is 1. The van der Waals surface area contributed by atoms with Gasteiger partial charge in [-0.2, -0.15) is 0 Å². The van der Waals surface area contributed by atoms with Crippen LogP contribution in [0.2, 0.25) is 0 Å². The van der Waals surface area contributed by atoms with Crippen LogP contribution in [0.3, 0.4) is 0 Å². The number of carbonyl (C=O) groups excluding carboxylic acids is 1. The third kappa shape index (κ3) is 4.36. The number of methoxy groups -OCH3 is 1. The lowest BCUT2D eigenvalue weighted by molar-refractivity contribution is -0.116. The van der Waals surface area contributed by atoms with Crippen LogP contribution in [0.25, 0.3) is 11.4 Å². The van der Waals surface area contributed by atoms with Gasteiger partial charge in [-0.1, -0.05) is 73.3 Å². The summed E-state index contributed by atoms with van der Waals surface area (Å²) in [5.41, 5.74) is 7.41. The predicted octanol–water partition coefficient (Wildman–Crippen LogP) is 4.91. The van der Waals surface area contributed by atoms with Crippen molar-refractivity contribution in [1.29, 1.82) is 0 Å². The fourth-order valence-corrected chi connectivity index (χ4v) is 5.01. The number of fused-ring (bicyclic) bond motifs is 1. The smallest absolute Gasteiger partial charge is 0.240 e. The van der Waals surface area contributed by atoms with Crippen molar-refractivity contribution >= 4 is 23.4 Å². The highest BCUT2D eigenvalue weighted by Crippen LogP contribution is 2.39. The molecule has 0 unspecified atom stereocenters. The van der Waals surface area contributed by atoms with Gasteiger partial charge in [0.2, 0.25) is 11.1 Å². The average molecular weight is 472 g/mol. The molecule has 0 fully saturated rings. The first kappa shape index (κ1) is 22.0. The Labute approximate surface area is 202 Å². The molecule has 0 aliphatic carbocycles. The van der Waals surface area contributed by atoms with Gasteiger partial charge in [-0.3, -0.25) is 4.79 Å². The van der Waals surface area contributed by atoms with Crippen LogP contribution in [0.15, 0.2) is 84.0 Å². The number of benzene rings is 3. The van der Waals surface area contributed by atoms with Crippen molar-refractivity contribution in [3.8, 4) is 17.1 Å². The van der Waals surface area contributed by atoms with Crippen LogP contribution in [0.5, 0.6) is 5.75 Å². The second-order valence-electron chi connectivity index (χ2n) is 7.97. The molecule has 1 aromatic heterocycles. The summed E-state index contributed by atoms with van der Waals surface area (Å²) in [6.07, 6.45) is 0.954. The third-order valence-corrected chi connectivity index (χ3v) is 7.05. The van der Waals surface area contributed by atoms with Crippen molar-refractivity contribution < 1.29 is 9.53 Å². The Morgan fingerprint density at radius 2 is 1.76 bits per heavy atom. The number of hydrogen-bond acceptors (Lipinski definition) is 6.